The number of carbonyl (C=O) groups is 3. The van der Waals surface area contributed by atoms with Gasteiger partial charge in [-0.3, -0.25) is 9.59 Å². The highest BCUT2D eigenvalue weighted by atomic mass is 16.7. The van der Waals surface area contributed by atoms with E-state index in [9.17, 15) is 19.5 Å². The molecule has 0 saturated heterocycles. The van der Waals surface area contributed by atoms with Gasteiger partial charge in [0.2, 0.25) is 0 Å². The molecule has 0 amide bonds. The van der Waals surface area contributed by atoms with Crippen LogP contribution in [0.5, 0.6) is 0 Å². The van der Waals surface area contributed by atoms with Crippen molar-refractivity contribution < 1.29 is 42.9 Å². The average molecular weight is 1320 g/mol. The van der Waals surface area contributed by atoms with Crippen LogP contribution in [-0.4, -0.2) is 82.3 Å². The zero-order chi connectivity index (χ0) is 68.2. The van der Waals surface area contributed by atoms with E-state index in [1.807, 2.05) is 21.1 Å². The molecule has 0 aromatic heterocycles. The van der Waals surface area contributed by atoms with Crippen LogP contribution in [-0.2, 0) is 33.3 Å². The van der Waals surface area contributed by atoms with Crippen molar-refractivity contribution >= 4 is 17.9 Å². The van der Waals surface area contributed by atoms with Gasteiger partial charge in [0, 0.05) is 12.8 Å². The minimum absolute atomic E-state index is 0.149. The molecule has 0 heterocycles. The third kappa shape index (κ3) is 76.4. The van der Waals surface area contributed by atoms with Crippen LogP contribution in [0.15, 0.2) is 60.8 Å². The summed E-state index contributed by atoms with van der Waals surface area (Å²) in [4.78, 5) is 37.6. The van der Waals surface area contributed by atoms with Crippen molar-refractivity contribution in [1.82, 2.24) is 0 Å². The summed E-state index contributed by atoms with van der Waals surface area (Å²) in [5.41, 5.74) is 0. The van der Waals surface area contributed by atoms with Crippen LogP contribution in [0, 0.1) is 0 Å². The molecule has 0 N–H and O–H groups in total. The number of hydrogen-bond donors (Lipinski definition) is 0. The van der Waals surface area contributed by atoms with Gasteiger partial charge in [0.05, 0.1) is 40.3 Å². The molecule has 0 aromatic rings. The van der Waals surface area contributed by atoms with Crippen LogP contribution >= 0.6 is 0 Å². The quantitative estimate of drug-likeness (QED) is 0.0195. The molecule has 0 rings (SSSR count). The molecule has 0 radical (unpaired) electrons. The van der Waals surface area contributed by atoms with Crippen molar-refractivity contribution in [3.05, 3.63) is 60.8 Å². The zero-order valence-electron chi connectivity index (χ0n) is 63.1. The van der Waals surface area contributed by atoms with Crippen molar-refractivity contribution in [2.45, 2.75) is 418 Å². The molecule has 0 aliphatic rings. The average Bonchev–Trinajstić information content (AvgIpc) is 3.35. The van der Waals surface area contributed by atoms with Crippen molar-refractivity contribution in [3.8, 4) is 0 Å². The highest BCUT2D eigenvalue weighted by Crippen LogP contribution is 2.20. The molecular weight excluding hydrogens is 1160 g/mol. The number of quaternary nitrogens is 1. The monoisotopic (exact) mass is 1320 g/mol. The van der Waals surface area contributed by atoms with Crippen LogP contribution in [0.25, 0.3) is 0 Å². The Morgan fingerprint density at radius 3 is 0.904 bits per heavy atom. The summed E-state index contributed by atoms with van der Waals surface area (Å²) >= 11 is 0. The lowest BCUT2D eigenvalue weighted by Crippen LogP contribution is -2.44. The summed E-state index contributed by atoms with van der Waals surface area (Å²) < 4.78 is 22.9. The minimum atomic E-state index is -1.62. The van der Waals surface area contributed by atoms with Crippen LogP contribution in [0.4, 0.5) is 0 Å². The highest BCUT2D eigenvalue weighted by molar-refractivity contribution is 5.70. The number of unbranched alkanes of at least 4 members (excludes halogenated alkanes) is 52. The van der Waals surface area contributed by atoms with E-state index < -0.39 is 24.3 Å². The Bertz CT molecular complexity index is 1730. The van der Waals surface area contributed by atoms with Crippen LogP contribution < -0.4 is 5.11 Å². The van der Waals surface area contributed by atoms with Crippen molar-refractivity contribution in [1.29, 1.82) is 0 Å². The van der Waals surface area contributed by atoms with Gasteiger partial charge in [-0.15, -0.1) is 0 Å². The fourth-order valence-electron chi connectivity index (χ4n) is 12.3. The molecule has 94 heavy (non-hydrogen) atoms. The lowest BCUT2D eigenvalue weighted by atomic mass is 10.0. The SMILES string of the molecule is CC/C=C\C/C=C\C/C=C\C/C=C\C/C=C\CCCCCCCCCCCCCCCCCCCC(=O)OC(COC(=O)CCCCCCCCCCCCCCCCCCCCCCCCCCCCCCCCCCCCCC)COC(OCC[N+](C)(C)C)C(=O)[O-]. The summed E-state index contributed by atoms with van der Waals surface area (Å²) in [6.07, 6.45) is 97.9. The molecule has 550 valence electrons. The number of aliphatic carboxylic acids is 1. The summed E-state index contributed by atoms with van der Waals surface area (Å²) in [5.74, 6) is -2.25. The van der Waals surface area contributed by atoms with Crippen LogP contribution in [0.1, 0.15) is 406 Å². The molecule has 0 bridgehead atoms. The first kappa shape index (κ1) is 91.0. The number of carbonyl (C=O) groups excluding carboxylic acids is 3. The summed E-state index contributed by atoms with van der Waals surface area (Å²) in [6, 6.07) is 0. The number of rotatable bonds is 77. The maximum Gasteiger partial charge on any atom is 0.306 e. The Morgan fingerprint density at radius 2 is 0.606 bits per heavy atom. The van der Waals surface area contributed by atoms with Gasteiger partial charge in [-0.1, -0.05) is 396 Å². The van der Waals surface area contributed by atoms with Crippen molar-refractivity contribution in [2.75, 3.05) is 47.5 Å². The van der Waals surface area contributed by atoms with E-state index in [4.69, 9.17) is 18.9 Å². The van der Waals surface area contributed by atoms with Gasteiger partial charge in [0.1, 0.15) is 13.2 Å². The third-order valence-corrected chi connectivity index (χ3v) is 18.5. The number of carboxylic acid groups (broad SMARTS) is 1. The lowest BCUT2D eigenvalue weighted by molar-refractivity contribution is -0.870. The first-order chi connectivity index (χ1) is 46.1. The number of hydrogen-bond acceptors (Lipinski definition) is 8. The standard InChI is InChI=1S/C85H157NO8/c1-6-8-10-12-14-16-18-20-22-24-26-28-30-32-34-36-38-40-41-42-44-45-47-49-51-53-55-57-59-61-63-65-67-69-71-73-75-82(87)92-79-81(80-93-85(84(89)90)91-78-77-86(3,4)5)94-83(88)76-74-72-70-68-66-64-62-60-58-56-54-52-50-48-46-43-39-37-35-33-31-29-27-25-23-21-19-17-15-13-11-9-7-2/h9,11,15,17,21,23,27,29,33,35,81,85H,6-8,10,12-14,16,18-20,22,24-26,28,30-32,34,36-80H2,1-5H3/b11-9-,17-15-,23-21-,29-27-,35-33-. The van der Waals surface area contributed by atoms with Gasteiger partial charge in [0.15, 0.2) is 12.4 Å². The fraction of sp³-hybridized carbons (Fsp3) is 0.847. The Labute approximate surface area is 584 Å². The normalized spacial score (nSPS) is 12.9. The van der Waals surface area contributed by atoms with E-state index in [-0.39, 0.29) is 32.2 Å². The number of likely N-dealkylation sites (N-methyl/N-ethyl adjacent to an activating group) is 1. The van der Waals surface area contributed by atoms with Gasteiger partial charge >= 0.3 is 11.9 Å². The molecule has 9 heteroatoms. The molecule has 2 unspecified atom stereocenters. The molecule has 0 fully saturated rings. The molecule has 9 nitrogen and oxygen atoms in total. The van der Waals surface area contributed by atoms with E-state index >= 15 is 0 Å². The Hall–Kier alpha value is -3.01. The largest absolute Gasteiger partial charge is 0.545 e. The molecule has 0 spiro atoms. The molecule has 0 aliphatic heterocycles. The number of carboxylic acids is 1. The smallest absolute Gasteiger partial charge is 0.306 e. The predicted octanol–water partition coefficient (Wildman–Crippen LogP) is 24.9. The van der Waals surface area contributed by atoms with Gasteiger partial charge in [-0.05, 0) is 57.8 Å². The van der Waals surface area contributed by atoms with Crippen LogP contribution in [0.3, 0.4) is 0 Å². The number of ether oxygens (including phenoxy) is 4. The molecule has 0 aromatic carbocycles. The van der Waals surface area contributed by atoms with Gasteiger partial charge in [0.25, 0.3) is 0 Å². The van der Waals surface area contributed by atoms with E-state index in [0.717, 1.165) is 64.2 Å². The van der Waals surface area contributed by atoms with Crippen LogP contribution in [0.2, 0.25) is 0 Å². The highest BCUT2D eigenvalue weighted by Gasteiger charge is 2.22. The van der Waals surface area contributed by atoms with E-state index in [1.54, 1.807) is 0 Å². The van der Waals surface area contributed by atoms with E-state index in [2.05, 4.69) is 74.6 Å². The number of nitrogens with zero attached hydrogens (tertiary/aromatic N) is 1. The molecule has 0 aliphatic carbocycles. The van der Waals surface area contributed by atoms with Gasteiger partial charge in [-0.2, -0.15) is 0 Å². The van der Waals surface area contributed by atoms with Gasteiger partial charge < -0.3 is 33.3 Å². The second-order valence-electron chi connectivity index (χ2n) is 29.0. The summed E-state index contributed by atoms with van der Waals surface area (Å²) in [6.45, 7) is 4.71. The first-order valence-corrected chi connectivity index (χ1v) is 40.9. The maximum atomic E-state index is 13.0. The Balaban J connectivity index is 3.96. The first-order valence-electron chi connectivity index (χ1n) is 40.9. The van der Waals surface area contributed by atoms with Crippen molar-refractivity contribution in [2.24, 2.45) is 0 Å². The van der Waals surface area contributed by atoms with Gasteiger partial charge in [-0.25, -0.2) is 0 Å². The molecule has 2 atom stereocenters. The summed E-state index contributed by atoms with van der Waals surface area (Å²) in [7, 11) is 5.95. The topological polar surface area (TPSA) is 111 Å². The Morgan fingerprint density at radius 1 is 0.330 bits per heavy atom. The maximum absolute atomic E-state index is 13.0. The second-order valence-corrected chi connectivity index (χ2v) is 29.0. The Kier molecular flexibility index (Phi) is 73.3. The zero-order valence-corrected chi connectivity index (χ0v) is 63.1. The molecular formula is C85H157NO8. The number of allylic oxidation sites excluding steroid dienone is 10. The second kappa shape index (κ2) is 75.8. The molecule has 0 saturated carbocycles. The van der Waals surface area contributed by atoms with E-state index in [1.165, 1.54) is 308 Å². The van der Waals surface area contributed by atoms with Crippen molar-refractivity contribution in [3.63, 3.8) is 0 Å². The minimum Gasteiger partial charge on any atom is -0.545 e. The summed E-state index contributed by atoms with van der Waals surface area (Å²) in [5, 5.41) is 11.9. The number of esters is 2. The third-order valence-electron chi connectivity index (χ3n) is 18.5. The fourth-order valence-corrected chi connectivity index (χ4v) is 12.3. The lowest BCUT2D eigenvalue weighted by Gasteiger charge is -2.26. The predicted molar refractivity (Wildman–Crippen MR) is 403 cm³/mol. The van der Waals surface area contributed by atoms with E-state index in [0.29, 0.717) is 23.9 Å².